The summed E-state index contributed by atoms with van der Waals surface area (Å²) in [7, 11) is -2.24. The number of anilines is 1. The van der Waals surface area contributed by atoms with E-state index in [0.717, 1.165) is 26.1 Å². The minimum absolute atomic E-state index is 0.115. The molecule has 2 aromatic carbocycles. The monoisotopic (exact) mass is 469 g/mol. The van der Waals surface area contributed by atoms with E-state index >= 15 is 0 Å². The molecule has 0 aliphatic carbocycles. The Bertz CT molecular complexity index is 1140. The van der Waals surface area contributed by atoms with Crippen LogP contribution in [0.15, 0.2) is 77.0 Å². The molecule has 1 fully saturated rings. The Kier molecular flexibility index (Phi) is 6.93. The molecule has 8 heteroatoms. The molecule has 1 aliphatic rings. The highest BCUT2D eigenvalue weighted by atomic mass is 32.2. The van der Waals surface area contributed by atoms with Crippen LogP contribution in [0, 0.1) is 0 Å². The third kappa shape index (κ3) is 5.03. The van der Waals surface area contributed by atoms with Gasteiger partial charge in [-0.15, -0.1) is 11.3 Å². The van der Waals surface area contributed by atoms with E-state index in [1.807, 2.05) is 11.0 Å². The topological polar surface area (TPSA) is 60.9 Å². The summed E-state index contributed by atoms with van der Waals surface area (Å²) in [5.74, 6) is -0.123. The first-order valence-electron chi connectivity index (χ1n) is 10.6. The van der Waals surface area contributed by atoms with Crippen LogP contribution < -0.4 is 4.31 Å². The fraction of sp³-hybridized carbons (Fsp3) is 0.292. The van der Waals surface area contributed by atoms with Gasteiger partial charge in [0, 0.05) is 50.2 Å². The molecular weight excluding hydrogens is 442 g/mol. The van der Waals surface area contributed by atoms with Crippen molar-refractivity contribution in [3.8, 4) is 0 Å². The molecule has 1 saturated heterocycles. The summed E-state index contributed by atoms with van der Waals surface area (Å²) in [5.41, 5.74) is 0.975. The molecule has 0 unspecified atom stereocenters. The van der Waals surface area contributed by atoms with Crippen molar-refractivity contribution < 1.29 is 13.2 Å². The summed E-state index contributed by atoms with van der Waals surface area (Å²) in [5, 5.41) is 2.10. The standard InChI is InChI=1S/C24H27N3O3S2/c1-25(21-8-3-2-4-9-21)32(29,30)23-11-5-7-20(19-23)24(28)27-16-14-26(15-17-27)13-12-22-10-6-18-31-22/h2-11,18-19H,12-17H2,1H3. The van der Waals surface area contributed by atoms with Crippen LogP contribution in [-0.4, -0.2) is 63.9 Å². The number of nitrogens with zero attached hydrogens (tertiary/aromatic N) is 3. The Morgan fingerprint density at radius 1 is 0.969 bits per heavy atom. The summed E-state index contributed by atoms with van der Waals surface area (Å²) in [6.07, 6.45) is 1.03. The minimum atomic E-state index is -3.76. The third-order valence-corrected chi connectivity index (χ3v) is 8.49. The smallest absolute Gasteiger partial charge is 0.264 e. The van der Waals surface area contributed by atoms with Gasteiger partial charge < -0.3 is 4.90 Å². The first kappa shape index (κ1) is 22.5. The number of amides is 1. The van der Waals surface area contributed by atoms with Crippen molar-refractivity contribution in [2.24, 2.45) is 0 Å². The Balaban J connectivity index is 1.40. The predicted octanol–water partition coefficient (Wildman–Crippen LogP) is 3.57. The lowest BCUT2D eigenvalue weighted by Gasteiger charge is -2.34. The molecule has 0 radical (unpaired) electrons. The van der Waals surface area contributed by atoms with E-state index in [9.17, 15) is 13.2 Å². The van der Waals surface area contributed by atoms with Crippen molar-refractivity contribution >= 4 is 33.0 Å². The molecule has 4 rings (SSSR count). The van der Waals surface area contributed by atoms with Crippen molar-refractivity contribution in [3.05, 3.63) is 82.6 Å². The second kappa shape index (κ2) is 9.85. The third-order valence-electron chi connectivity index (χ3n) is 5.77. The van der Waals surface area contributed by atoms with E-state index < -0.39 is 10.0 Å². The van der Waals surface area contributed by atoms with Gasteiger partial charge in [0.15, 0.2) is 0 Å². The number of carbonyl (C=O) groups is 1. The van der Waals surface area contributed by atoms with Crippen LogP contribution in [0.2, 0.25) is 0 Å². The van der Waals surface area contributed by atoms with Crippen LogP contribution in [0.5, 0.6) is 0 Å². The van der Waals surface area contributed by atoms with Crippen LogP contribution >= 0.6 is 11.3 Å². The molecule has 1 amide bonds. The predicted molar refractivity (Wildman–Crippen MR) is 129 cm³/mol. The lowest BCUT2D eigenvalue weighted by Crippen LogP contribution is -2.49. The molecule has 1 aromatic heterocycles. The Morgan fingerprint density at radius 3 is 2.41 bits per heavy atom. The first-order chi connectivity index (χ1) is 15.4. The van der Waals surface area contributed by atoms with Crippen molar-refractivity contribution in [3.63, 3.8) is 0 Å². The summed E-state index contributed by atoms with van der Waals surface area (Å²) in [6.45, 7) is 3.92. The summed E-state index contributed by atoms with van der Waals surface area (Å²) < 4.78 is 27.4. The highest BCUT2D eigenvalue weighted by Crippen LogP contribution is 2.23. The van der Waals surface area contributed by atoms with E-state index in [1.165, 1.54) is 28.4 Å². The Labute approximate surface area is 193 Å². The van der Waals surface area contributed by atoms with Gasteiger partial charge in [0.05, 0.1) is 10.6 Å². The molecule has 0 spiro atoms. The molecule has 2 heterocycles. The van der Waals surface area contributed by atoms with Gasteiger partial charge in [-0.1, -0.05) is 30.3 Å². The van der Waals surface area contributed by atoms with E-state index in [1.54, 1.807) is 47.7 Å². The van der Waals surface area contributed by atoms with Gasteiger partial charge in [0.25, 0.3) is 15.9 Å². The molecule has 0 N–H and O–H groups in total. The van der Waals surface area contributed by atoms with Crippen LogP contribution in [0.1, 0.15) is 15.2 Å². The first-order valence-corrected chi connectivity index (χ1v) is 13.0. The second-order valence-corrected chi connectivity index (χ2v) is 10.8. The Morgan fingerprint density at radius 2 is 1.72 bits per heavy atom. The van der Waals surface area contributed by atoms with Crippen LogP contribution in [0.3, 0.4) is 0 Å². The fourth-order valence-corrected chi connectivity index (χ4v) is 5.74. The average Bonchev–Trinajstić information content (AvgIpc) is 3.36. The van der Waals surface area contributed by atoms with Crippen molar-refractivity contribution in [2.75, 3.05) is 44.1 Å². The fourth-order valence-electron chi connectivity index (χ4n) is 3.80. The van der Waals surface area contributed by atoms with Gasteiger partial charge in [-0.25, -0.2) is 8.42 Å². The lowest BCUT2D eigenvalue weighted by molar-refractivity contribution is 0.0638. The molecule has 32 heavy (non-hydrogen) atoms. The number of thiophene rings is 1. The summed E-state index contributed by atoms with van der Waals surface area (Å²) in [6, 6.07) is 19.5. The maximum atomic E-state index is 13.1. The molecule has 3 aromatic rings. The number of hydrogen-bond donors (Lipinski definition) is 0. The highest BCUT2D eigenvalue weighted by molar-refractivity contribution is 7.92. The number of sulfonamides is 1. The van der Waals surface area contributed by atoms with Gasteiger partial charge in [0.2, 0.25) is 0 Å². The largest absolute Gasteiger partial charge is 0.336 e. The van der Waals surface area contributed by atoms with Crippen molar-refractivity contribution in [2.45, 2.75) is 11.3 Å². The van der Waals surface area contributed by atoms with Gasteiger partial charge in [0.1, 0.15) is 0 Å². The highest BCUT2D eigenvalue weighted by Gasteiger charge is 2.25. The lowest BCUT2D eigenvalue weighted by atomic mass is 10.2. The van der Waals surface area contributed by atoms with E-state index in [4.69, 9.17) is 0 Å². The maximum absolute atomic E-state index is 13.1. The minimum Gasteiger partial charge on any atom is -0.336 e. The average molecular weight is 470 g/mol. The normalized spacial score (nSPS) is 15.0. The molecule has 168 valence electrons. The van der Waals surface area contributed by atoms with Crippen molar-refractivity contribution in [1.29, 1.82) is 0 Å². The number of carbonyl (C=O) groups excluding carboxylic acids is 1. The number of benzene rings is 2. The number of hydrogen-bond acceptors (Lipinski definition) is 5. The van der Waals surface area contributed by atoms with Gasteiger partial charge in [-0.3, -0.25) is 14.0 Å². The quantitative estimate of drug-likeness (QED) is 0.531. The molecule has 6 nitrogen and oxygen atoms in total. The van der Waals surface area contributed by atoms with Crippen molar-refractivity contribution in [1.82, 2.24) is 9.80 Å². The SMILES string of the molecule is CN(c1ccccc1)S(=O)(=O)c1cccc(C(=O)N2CCN(CCc3cccs3)CC2)c1. The van der Waals surface area contributed by atoms with Crippen LogP contribution in [-0.2, 0) is 16.4 Å². The Hall–Kier alpha value is -2.68. The van der Waals surface area contributed by atoms with Crippen LogP contribution in [0.25, 0.3) is 0 Å². The number of piperazine rings is 1. The van der Waals surface area contributed by atoms with E-state index in [0.29, 0.717) is 24.3 Å². The number of para-hydroxylation sites is 1. The zero-order valence-corrected chi connectivity index (χ0v) is 19.7. The summed E-state index contributed by atoms with van der Waals surface area (Å²) in [4.78, 5) is 18.8. The van der Waals surface area contributed by atoms with E-state index in [-0.39, 0.29) is 10.8 Å². The summed E-state index contributed by atoms with van der Waals surface area (Å²) >= 11 is 1.77. The maximum Gasteiger partial charge on any atom is 0.264 e. The second-order valence-electron chi connectivity index (χ2n) is 7.80. The van der Waals surface area contributed by atoms with Gasteiger partial charge in [-0.05, 0) is 48.2 Å². The van der Waals surface area contributed by atoms with Gasteiger partial charge >= 0.3 is 0 Å². The van der Waals surface area contributed by atoms with Crippen LogP contribution in [0.4, 0.5) is 5.69 Å². The van der Waals surface area contributed by atoms with Gasteiger partial charge in [-0.2, -0.15) is 0 Å². The molecule has 0 saturated carbocycles. The molecular formula is C24H27N3O3S2. The van der Waals surface area contributed by atoms with E-state index in [2.05, 4.69) is 22.4 Å². The zero-order chi connectivity index (χ0) is 22.6. The number of rotatable bonds is 7. The zero-order valence-electron chi connectivity index (χ0n) is 18.1. The molecule has 1 aliphatic heterocycles. The molecule has 0 bridgehead atoms. The molecule has 0 atom stereocenters.